The van der Waals surface area contributed by atoms with E-state index in [0.717, 1.165) is 52.6 Å². The molecule has 2 nitrogen and oxygen atoms in total. The summed E-state index contributed by atoms with van der Waals surface area (Å²) in [4.78, 5) is 13.5. The van der Waals surface area contributed by atoms with E-state index in [0.29, 0.717) is 0 Å². The standard InChI is InChI=1S/C31H32NOP.2C2H6/c1-21-27-14-6-10-24-11-7-15-28(29(24)27)30(33)32(21)26-13-5-8-22(18-19-26)16-17-23-9-4-12-25(20-23)31(2,3)34;2*1-2/h4-15,20,26H,1,16-19,34H2,2-3H3;2*1-2H3. The van der Waals surface area contributed by atoms with Crippen LogP contribution in [-0.2, 0) is 11.6 Å². The van der Waals surface area contributed by atoms with Crippen molar-refractivity contribution in [3.8, 4) is 0 Å². The van der Waals surface area contributed by atoms with Crippen molar-refractivity contribution in [2.24, 2.45) is 0 Å². The molecule has 3 aromatic carbocycles. The summed E-state index contributed by atoms with van der Waals surface area (Å²) >= 11 is 0. The zero-order valence-electron chi connectivity index (χ0n) is 24.1. The summed E-state index contributed by atoms with van der Waals surface area (Å²) < 4.78 is 1.91. The zero-order chi connectivity index (χ0) is 27.9. The van der Waals surface area contributed by atoms with Crippen LogP contribution in [0.25, 0.3) is 28.1 Å². The highest BCUT2D eigenvalue weighted by atomic mass is 31.0. The largest absolute Gasteiger partial charge is 0.301 e. The van der Waals surface area contributed by atoms with Crippen molar-refractivity contribution in [3.05, 3.63) is 111 Å². The molecule has 2 atom stereocenters. The number of aryl methyl sites for hydroxylation is 1. The first kappa shape index (κ1) is 29.6. The molecule has 3 heteroatoms. The van der Waals surface area contributed by atoms with Gasteiger partial charge in [0.15, 0.2) is 0 Å². The predicted molar refractivity (Wildman–Crippen MR) is 172 cm³/mol. The van der Waals surface area contributed by atoms with E-state index in [-0.39, 0.29) is 16.8 Å². The molecule has 0 fully saturated rings. The fourth-order valence-corrected chi connectivity index (χ4v) is 5.36. The lowest BCUT2D eigenvalue weighted by atomic mass is 9.95. The smallest absolute Gasteiger partial charge is 0.259 e. The van der Waals surface area contributed by atoms with Crippen LogP contribution < -0.4 is 10.9 Å². The van der Waals surface area contributed by atoms with Gasteiger partial charge in [-0.3, -0.25) is 4.79 Å². The first-order valence-electron chi connectivity index (χ1n) is 14.1. The second kappa shape index (κ2) is 13.2. The first-order chi connectivity index (χ1) is 18.3. The Hall–Kier alpha value is -2.96. The summed E-state index contributed by atoms with van der Waals surface area (Å²) in [5, 5.41) is 4.87. The molecule has 4 aromatic rings. The van der Waals surface area contributed by atoms with Gasteiger partial charge in [0.2, 0.25) is 0 Å². The summed E-state index contributed by atoms with van der Waals surface area (Å²) in [6, 6.07) is 21.1. The molecule has 2 unspecified atom stereocenters. The van der Waals surface area contributed by atoms with Gasteiger partial charge in [-0.05, 0) is 48.3 Å². The van der Waals surface area contributed by atoms with Crippen molar-refractivity contribution < 1.29 is 0 Å². The minimum Gasteiger partial charge on any atom is -0.301 e. The van der Waals surface area contributed by atoms with Crippen molar-refractivity contribution in [2.45, 2.75) is 78.4 Å². The van der Waals surface area contributed by atoms with Gasteiger partial charge in [-0.25, -0.2) is 0 Å². The normalized spacial score (nSPS) is 15.2. The molecule has 1 aromatic heterocycles. The quantitative estimate of drug-likeness (QED) is 0.238. The lowest BCUT2D eigenvalue weighted by Crippen LogP contribution is -2.35. The Labute approximate surface area is 231 Å². The number of nitrogens with zero attached hydrogens (tertiary/aromatic N) is 1. The Morgan fingerprint density at radius 3 is 2.29 bits per heavy atom. The summed E-state index contributed by atoms with van der Waals surface area (Å²) in [5.74, 6) is 0. The molecule has 0 N–H and O–H groups in total. The maximum atomic E-state index is 13.5. The number of aromatic nitrogens is 1. The minimum atomic E-state index is 0.0126. The molecule has 0 saturated carbocycles. The highest BCUT2D eigenvalue weighted by Gasteiger charge is 2.18. The van der Waals surface area contributed by atoms with Crippen LogP contribution in [0.1, 0.15) is 78.0 Å². The fourth-order valence-electron chi connectivity index (χ4n) is 5.18. The molecule has 38 heavy (non-hydrogen) atoms. The van der Waals surface area contributed by atoms with Crippen molar-refractivity contribution in [2.75, 3.05) is 0 Å². The molecule has 0 radical (unpaired) electrons. The Morgan fingerprint density at radius 1 is 0.947 bits per heavy atom. The molecule has 200 valence electrons. The molecule has 1 aliphatic carbocycles. The number of rotatable bonds is 5. The van der Waals surface area contributed by atoms with Gasteiger partial charge in [0.1, 0.15) is 0 Å². The van der Waals surface area contributed by atoms with Crippen LogP contribution in [0.4, 0.5) is 0 Å². The highest BCUT2D eigenvalue weighted by Crippen LogP contribution is 2.31. The van der Waals surface area contributed by atoms with Crippen molar-refractivity contribution in [3.63, 3.8) is 0 Å². The van der Waals surface area contributed by atoms with E-state index in [2.05, 4.69) is 96.4 Å². The molecular formula is C35H44NOP. The summed E-state index contributed by atoms with van der Waals surface area (Å²) in [7, 11) is 2.93. The Balaban J connectivity index is 0.000000956. The number of hydrogen-bond acceptors (Lipinski definition) is 1. The van der Waals surface area contributed by atoms with Crippen LogP contribution in [0.2, 0.25) is 0 Å². The maximum Gasteiger partial charge on any atom is 0.259 e. The average molecular weight is 526 g/mol. The van der Waals surface area contributed by atoms with E-state index >= 15 is 0 Å². The van der Waals surface area contributed by atoms with Gasteiger partial charge >= 0.3 is 0 Å². The van der Waals surface area contributed by atoms with Crippen LogP contribution in [-0.4, -0.2) is 4.57 Å². The van der Waals surface area contributed by atoms with Crippen LogP contribution in [0.3, 0.4) is 0 Å². The lowest BCUT2D eigenvalue weighted by Gasteiger charge is -2.20. The number of allylic oxidation sites excluding steroid dienone is 4. The van der Waals surface area contributed by atoms with E-state index < -0.39 is 0 Å². The fraction of sp³-hybridized carbons (Fsp3) is 0.343. The van der Waals surface area contributed by atoms with Gasteiger partial charge in [-0.1, -0.05) is 127 Å². The molecular weight excluding hydrogens is 481 g/mol. The highest BCUT2D eigenvalue weighted by molar-refractivity contribution is 7.18. The van der Waals surface area contributed by atoms with Crippen molar-refractivity contribution >= 4 is 37.4 Å². The van der Waals surface area contributed by atoms with Crippen LogP contribution >= 0.6 is 9.24 Å². The Kier molecular flexibility index (Phi) is 10.3. The van der Waals surface area contributed by atoms with E-state index in [1.807, 2.05) is 44.4 Å². The molecule has 0 spiro atoms. The maximum absolute atomic E-state index is 13.5. The van der Waals surface area contributed by atoms with E-state index in [1.54, 1.807) is 0 Å². The third kappa shape index (κ3) is 6.36. The number of benzene rings is 3. The molecule has 0 saturated heterocycles. The second-order valence-electron chi connectivity index (χ2n) is 10.1. The van der Waals surface area contributed by atoms with Gasteiger partial charge in [0.25, 0.3) is 5.56 Å². The van der Waals surface area contributed by atoms with Crippen LogP contribution in [0, 0.1) is 0 Å². The minimum absolute atomic E-state index is 0.0126. The van der Waals surface area contributed by atoms with Gasteiger partial charge in [-0.2, -0.15) is 0 Å². The second-order valence-corrected chi connectivity index (χ2v) is 11.5. The monoisotopic (exact) mass is 525 g/mol. The summed E-state index contributed by atoms with van der Waals surface area (Å²) in [5.41, 5.74) is 4.22. The van der Waals surface area contributed by atoms with Gasteiger partial charge in [0, 0.05) is 26.7 Å². The SMILES string of the molecule is C=c1c2cccc3cccc(c(=O)n1C1C=CC=C(CCc4cccc(C(C)(C)P)c4)CC1)c32.CC.CC. The van der Waals surface area contributed by atoms with E-state index in [4.69, 9.17) is 0 Å². The summed E-state index contributed by atoms with van der Waals surface area (Å²) in [6.07, 6.45) is 10.5. The Morgan fingerprint density at radius 2 is 1.61 bits per heavy atom. The third-order valence-corrected chi connectivity index (χ3v) is 7.45. The third-order valence-electron chi connectivity index (χ3n) is 7.12. The number of pyridine rings is 1. The van der Waals surface area contributed by atoms with Crippen LogP contribution in [0.15, 0.2) is 89.3 Å². The molecule has 0 bridgehead atoms. The molecule has 0 aliphatic heterocycles. The average Bonchev–Trinajstić information content (AvgIpc) is 3.18. The van der Waals surface area contributed by atoms with Gasteiger partial charge in [-0.15, -0.1) is 9.24 Å². The topological polar surface area (TPSA) is 22.0 Å². The van der Waals surface area contributed by atoms with Crippen LogP contribution in [0.5, 0.6) is 0 Å². The molecule has 1 heterocycles. The first-order valence-corrected chi connectivity index (χ1v) is 14.7. The summed E-state index contributed by atoms with van der Waals surface area (Å²) in [6.45, 7) is 16.8. The van der Waals surface area contributed by atoms with E-state index in [1.165, 1.54) is 16.7 Å². The van der Waals surface area contributed by atoms with E-state index in [9.17, 15) is 4.79 Å². The molecule has 0 amide bonds. The zero-order valence-corrected chi connectivity index (χ0v) is 25.2. The van der Waals surface area contributed by atoms with Crippen molar-refractivity contribution in [1.82, 2.24) is 4.57 Å². The predicted octanol–water partition coefficient (Wildman–Crippen LogP) is 8.90. The number of hydrogen-bond donors (Lipinski definition) is 0. The molecule has 1 aliphatic rings. The molecule has 5 rings (SSSR count). The van der Waals surface area contributed by atoms with Crippen molar-refractivity contribution in [1.29, 1.82) is 0 Å². The Bertz CT molecular complexity index is 1470. The lowest BCUT2D eigenvalue weighted by molar-refractivity contribution is 0.533. The van der Waals surface area contributed by atoms with Gasteiger partial charge in [0.05, 0.1) is 6.04 Å². The van der Waals surface area contributed by atoms with Gasteiger partial charge < -0.3 is 4.57 Å².